The van der Waals surface area contributed by atoms with Crippen molar-refractivity contribution < 1.29 is 13.0 Å². The number of hydrogen-bond donors (Lipinski definition) is 1. The van der Waals surface area contributed by atoms with Crippen LogP contribution in [-0.2, 0) is 38.7 Å². The molecule has 0 aromatic heterocycles. The molecule has 3 nitrogen and oxygen atoms in total. The van der Waals surface area contributed by atoms with Gasteiger partial charge in [-0.3, -0.25) is 4.55 Å². The van der Waals surface area contributed by atoms with E-state index in [1.165, 1.54) is 54.1 Å². The Labute approximate surface area is 435 Å². The molecule has 0 aliphatic heterocycles. The van der Waals surface area contributed by atoms with Crippen LogP contribution in [0.2, 0.25) is 0 Å². The average molecular weight is 1010 g/mol. The monoisotopic (exact) mass is 1010 g/mol. The Bertz CT molecular complexity index is 3170. The Morgan fingerprint density at radius 1 is 0.425 bits per heavy atom. The lowest BCUT2D eigenvalue weighted by Gasteiger charge is -2.58. The SMILES string of the molecule is C[C@@H]1CCCC(C)(c2ccc(C[P+](c3ccccc3)(c3ccccc3)c3ccccc3)cc2)C(C)(c2ccc(S(=O)(=O)O)cc2)C1(C)c1ccc(C[P+](c2ccccc2)(c2ccccc2)c2ccccc2)cc1. The molecule has 1 N–H and O–H groups in total. The van der Waals surface area contributed by atoms with E-state index in [9.17, 15) is 13.0 Å². The zero-order valence-corrected chi connectivity index (χ0v) is 45.0. The summed E-state index contributed by atoms with van der Waals surface area (Å²) in [5, 5.41) is 8.15. The van der Waals surface area contributed by atoms with E-state index < -0.39 is 40.9 Å². The van der Waals surface area contributed by atoms with Gasteiger partial charge in [-0.1, -0.05) is 204 Å². The molecule has 0 radical (unpaired) electrons. The summed E-state index contributed by atoms with van der Waals surface area (Å²) in [5.41, 5.74) is 4.74. The van der Waals surface area contributed by atoms with Gasteiger partial charge in [0, 0.05) is 16.2 Å². The maximum atomic E-state index is 12.6. The van der Waals surface area contributed by atoms with Crippen molar-refractivity contribution in [2.75, 3.05) is 0 Å². The van der Waals surface area contributed by atoms with E-state index in [4.69, 9.17) is 0 Å². The molecule has 0 spiro atoms. The topological polar surface area (TPSA) is 54.4 Å². The van der Waals surface area contributed by atoms with E-state index >= 15 is 0 Å². The quantitative estimate of drug-likeness (QED) is 0.0671. The Hall–Kier alpha value is -6.25. The van der Waals surface area contributed by atoms with Gasteiger partial charge in [-0.2, -0.15) is 8.42 Å². The van der Waals surface area contributed by atoms with Crippen LogP contribution in [0.3, 0.4) is 0 Å². The molecule has 4 atom stereocenters. The maximum Gasteiger partial charge on any atom is 0.294 e. The van der Waals surface area contributed by atoms with Gasteiger partial charge < -0.3 is 0 Å². The second kappa shape index (κ2) is 20.6. The van der Waals surface area contributed by atoms with Crippen molar-refractivity contribution in [1.29, 1.82) is 0 Å². The largest absolute Gasteiger partial charge is 0.294 e. The van der Waals surface area contributed by atoms with Crippen LogP contribution < -0.4 is 31.8 Å². The molecule has 1 fully saturated rings. The van der Waals surface area contributed by atoms with E-state index in [2.05, 4.69) is 258 Å². The van der Waals surface area contributed by atoms with Gasteiger partial charge in [0.2, 0.25) is 0 Å². The standard InChI is InChI=1S/C67H65O3P2S/c1-52-24-23-49-65(2,55-41-37-53(38-42-55)50-71(58-25-11-5-12-26-58,59-27-13-6-14-28-59)60-29-15-7-16-30-60)67(4,57-45-47-64(48-46-57)73(68,69)70)66(52,3)56-43-39-54(40-44-56)51-72(61-31-17-8-18-32-61,62-33-19-9-20-34-62)63-35-21-10-22-36-63/h5-22,25-48,52H,23-24,49-51H2,1-4H3/q+1/p+1/t52-,65?,66?,67?/m1/s1. The first kappa shape index (κ1) is 50.3. The van der Waals surface area contributed by atoms with Gasteiger partial charge in [-0.05, 0) is 132 Å². The number of hydrogen-bond acceptors (Lipinski definition) is 2. The first-order chi connectivity index (χ1) is 35.3. The van der Waals surface area contributed by atoms with Crippen LogP contribution in [0, 0.1) is 5.92 Å². The summed E-state index contributed by atoms with van der Waals surface area (Å²) in [5.74, 6) is 0.253. The van der Waals surface area contributed by atoms with Crippen molar-refractivity contribution >= 4 is 56.5 Å². The highest BCUT2D eigenvalue weighted by molar-refractivity contribution is 7.95. The highest BCUT2D eigenvalue weighted by atomic mass is 32.2. The van der Waals surface area contributed by atoms with Crippen molar-refractivity contribution in [3.05, 3.63) is 283 Å². The van der Waals surface area contributed by atoms with Crippen molar-refractivity contribution in [3.63, 3.8) is 0 Å². The molecule has 3 unspecified atom stereocenters. The molecule has 9 aromatic carbocycles. The van der Waals surface area contributed by atoms with Crippen molar-refractivity contribution in [2.45, 2.75) is 80.4 Å². The summed E-state index contributed by atoms with van der Waals surface area (Å²) in [6.07, 6.45) is 4.76. The Balaban J connectivity index is 1.10. The third-order valence-electron chi connectivity index (χ3n) is 17.3. The number of benzene rings is 9. The smallest absolute Gasteiger partial charge is 0.282 e. The lowest BCUT2D eigenvalue weighted by atomic mass is 9.44. The fourth-order valence-corrected chi connectivity index (χ4v) is 21.9. The van der Waals surface area contributed by atoms with Crippen LogP contribution >= 0.6 is 14.5 Å². The first-order valence-corrected chi connectivity index (χ1v) is 31.1. The predicted octanol–water partition coefficient (Wildman–Crippen LogP) is 13.9. The van der Waals surface area contributed by atoms with Crippen LogP contribution in [0.15, 0.2) is 260 Å². The molecule has 1 aliphatic carbocycles. The van der Waals surface area contributed by atoms with Gasteiger partial charge in [-0.25, -0.2) is 0 Å². The minimum Gasteiger partial charge on any atom is -0.282 e. The van der Waals surface area contributed by atoms with Gasteiger partial charge >= 0.3 is 0 Å². The Morgan fingerprint density at radius 2 is 0.726 bits per heavy atom. The average Bonchev–Trinajstić information content (AvgIpc) is 3.52. The molecule has 9 aromatic rings. The fraction of sp³-hybridized carbons (Fsp3) is 0.194. The zero-order valence-electron chi connectivity index (χ0n) is 42.4. The van der Waals surface area contributed by atoms with Crippen LogP contribution in [0.1, 0.15) is 74.8 Å². The molecule has 10 rings (SSSR count). The fourth-order valence-electron chi connectivity index (χ4n) is 13.0. The molecule has 0 saturated heterocycles. The summed E-state index contributed by atoms with van der Waals surface area (Å²) in [6, 6.07) is 92.9. The molecule has 1 aliphatic rings. The predicted molar refractivity (Wildman–Crippen MR) is 312 cm³/mol. The van der Waals surface area contributed by atoms with Crippen LogP contribution in [0.4, 0.5) is 0 Å². The third-order valence-corrected chi connectivity index (χ3v) is 27.0. The van der Waals surface area contributed by atoms with Crippen LogP contribution in [0.5, 0.6) is 0 Å². The van der Waals surface area contributed by atoms with Crippen molar-refractivity contribution in [2.24, 2.45) is 5.92 Å². The van der Waals surface area contributed by atoms with E-state index in [-0.39, 0.29) is 10.8 Å². The van der Waals surface area contributed by atoms with E-state index in [1.54, 1.807) is 12.1 Å². The lowest BCUT2D eigenvalue weighted by molar-refractivity contribution is 0.104. The van der Waals surface area contributed by atoms with E-state index in [0.717, 1.165) is 37.1 Å². The van der Waals surface area contributed by atoms with E-state index in [1.807, 2.05) is 12.1 Å². The molecule has 0 heterocycles. The summed E-state index contributed by atoms with van der Waals surface area (Å²) < 4.78 is 35.4. The summed E-state index contributed by atoms with van der Waals surface area (Å²) in [4.78, 5) is -0.0947. The Morgan fingerprint density at radius 3 is 1.04 bits per heavy atom. The van der Waals surface area contributed by atoms with Gasteiger partial charge in [0.1, 0.15) is 46.4 Å². The molecule has 1 saturated carbocycles. The van der Waals surface area contributed by atoms with Crippen LogP contribution in [0.25, 0.3) is 0 Å². The minimum atomic E-state index is -4.41. The van der Waals surface area contributed by atoms with Gasteiger partial charge in [0.25, 0.3) is 10.1 Å². The second-order valence-corrected chi connectivity index (χ2v) is 29.2. The highest BCUT2D eigenvalue weighted by Crippen LogP contribution is 2.64. The summed E-state index contributed by atoms with van der Waals surface area (Å²) in [6.45, 7) is 9.78. The summed E-state index contributed by atoms with van der Waals surface area (Å²) >= 11 is 0. The van der Waals surface area contributed by atoms with Gasteiger partial charge in [0.15, 0.2) is 0 Å². The second-order valence-electron chi connectivity index (χ2n) is 20.8. The van der Waals surface area contributed by atoms with Crippen LogP contribution in [-0.4, -0.2) is 13.0 Å². The maximum absolute atomic E-state index is 12.6. The third kappa shape index (κ3) is 8.95. The molecule has 0 bridgehead atoms. The van der Waals surface area contributed by atoms with Gasteiger partial charge in [0.05, 0.1) is 17.2 Å². The normalized spacial score (nSPS) is 20.5. The lowest BCUT2D eigenvalue weighted by Crippen LogP contribution is -2.59. The zero-order chi connectivity index (χ0) is 50.7. The van der Waals surface area contributed by atoms with Gasteiger partial charge in [-0.15, -0.1) is 0 Å². The molecule has 0 amide bonds. The first-order valence-electron chi connectivity index (χ1n) is 25.7. The van der Waals surface area contributed by atoms with Crippen molar-refractivity contribution in [3.8, 4) is 0 Å². The van der Waals surface area contributed by atoms with Crippen molar-refractivity contribution in [1.82, 2.24) is 0 Å². The minimum absolute atomic E-state index is 0.0947. The molecule has 73 heavy (non-hydrogen) atoms. The molecule has 366 valence electrons. The highest BCUT2D eigenvalue weighted by Gasteiger charge is 2.61. The number of rotatable bonds is 14. The van der Waals surface area contributed by atoms with E-state index in [0.29, 0.717) is 0 Å². The molecular formula is C67H66O3P2S+2. The molecular weight excluding hydrogens is 947 g/mol. The Kier molecular flexibility index (Phi) is 14.2. The molecule has 6 heteroatoms. The summed E-state index contributed by atoms with van der Waals surface area (Å²) in [7, 11) is -8.70.